The molecule has 7 nitrogen and oxygen atoms in total. The van der Waals surface area contributed by atoms with Crippen LogP contribution in [0.5, 0.6) is 11.5 Å². The molecule has 0 atom stereocenters. The summed E-state index contributed by atoms with van der Waals surface area (Å²) in [6.07, 6.45) is 0. The maximum absolute atomic E-state index is 13.0. The van der Waals surface area contributed by atoms with E-state index in [1.807, 2.05) is 56.3 Å². The van der Waals surface area contributed by atoms with Crippen molar-refractivity contribution in [1.82, 2.24) is 0 Å². The lowest BCUT2D eigenvalue weighted by molar-refractivity contribution is 0.102. The molecule has 3 aromatic rings. The van der Waals surface area contributed by atoms with Gasteiger partial charge in [0.25, 0.3) is 5.91 Å². The maximum Gasteiger partial charge on any atom is 0.323 e. The van der Waals surface area contributed by atoms with E-state index in [9.17, 15) is 9.59 Å². The molecule has 0 saturated heterocycles. The number of carbonyl (C=O) groups excluding carboxylic acids is 2. The highest BCUT2D eigenvalue weighted by atomic mass is 16.5. The number of hydrogen-bond donors (Lipinski definition) is 3. The summed E-state index contributed by atoms with van der Waals surface area (Å²) in [5.74, 6) is 0.569. The van der Waals surface area contributed by atoms with Crippen molar-refractivity contribution in [3.8, 4) is 11.5 Å². The maximum atomic E-state index is 13.0. The van der Waals surface area contributed by atoms with Crippen molar-refractivity contribution >= 4 is 29.0 Å². The van der Waals surface area contributed by atoms with Gasteiger partial charge in [-0.15, -0.1) is 0 Å². The fourth-order valence-electron chi connectivity index (χ4n) is 3.43. The third-order valence-electron chi connectivity index (χ3n) is 5.22. The minimum atomic E-state index is -0.421. The number of amides is 3. The molecule has 0 aliphatic heterocycles. The van der Waals surface area contributed by atoms with E-state index in [-0.39, 0.29) is 11.3 Å². The van der Waals surface area contributed by atoms with Crippen molar-refractivity contribution in [2.75, 3.05) is 29.2 Å². The van der Waals surface area contributed by atoms with Gasteiger partial charge in [0.15, 0.2) is 0 Å². The van der Waals surface area contributed by atoms with Crippen LogP contribution in [0.4, 0.5) is 21.9 Å². The fraction of sp³-hybridized carbons (Fsp3) is 0.286. The number of para-hydroxylation sites is 1. The topological polar surface area (TPSA) is 88.7 Å². The Kier molecular flexibility index (Phi) is 8.36. The van der Waals surface area contributed by atoms with Gasteiger partial charge in [0, 0.05) is 23.4 Å². The third kappa shape index (κ3) is 6.99. The Morgan fingerprint density at radius 2 is 1.29 bits per heavy atom. The molecule has 0 heterocycles. The van der Waals surface area contributed by atoms with Crippen LogP contribution in [-0.4, -0.2) is 25.2 Å². The zero-order valence-corrected chi connectivity index (χ0v) is 20.9. The average molecular weight is 476 g/mol. The molecule has 0 fully saturated rings. The van der Waals surface area contributed by atoms with Crippen LogP contribution in [0, 0.1) is 0 Å². The van der Waals surface area contributed by atoms with Crippen LogP contribution in [-0.2, 0) is 5.41 Å². The minimum Gasteiger partial charge on any atom is -0.492 e. The molecular weight excluding hydrogens is 442 g/mol. The number of hydrogen-bond acceptors (Lipinski definition) is 4. The van der Waals surface area contributed by atoms with Crippen molar-refractivity contribution in [2.45, 2.75) is 40.0 Å². The SMILES string of the molecule is CCOc1cc(NC(=O)c2ccc(C(C)(C)C)cc2)c(OCC)cc1NC(=O)Nc1ccccc1. The molecule has 0 radical (unpaired) electrons. The quantitative estimate of drug-likeness (QED) is 0.339. The summed E-state index contributed by atoms with van der Waals surface area (Å²) < 4.78 is 11.5. The van der Waals surface area contributed by atoms with Crippen molar-refractivity contribution in [3.63, 3.8) is 0 Å². The first kappa shape index (κ1) is 25.6. The van der Waals surface area contributed by atoms with Gasteiger partial charge in [-0.05, 0) is 49.1 Å². The van der Waals surface area contributed by atoms with E-state index in [4.69, 9.17) is 9.47 Å². The Hall–Kier alpha value is -4.00. The van der Waals surface area contributed by atoms with E-state index in [1.54, 1.807) is 24.3 Å². The molecule has 3 aromatic carbocycles. The number of ether oxygens (including phenoxy) is 2. The molecule has 0 aliphatic carbocycles. The normalized spacial score (nSPS) is 10.9. The lowest BCUT2D eigenvalue weighted by atomic mass is 9.87. The van der Waals surface area contributed by atoms with E-state index in [2.05, 4.69) is 36.7 Å². The first-order chi connectivity index (χ1) is 16.7. The number of nitrogens with one attached hydrogen (secondary N) is 3. The molecule has 0 bridgehead atoms. The summed E-state index contributed by atoms with van der Waals surface area (Å²) >= 11 is 0. The molecule has 0 saturated carbocycles. The molecule has 3 N–H and O–H groups in total. The number of carbonyl (C=O) groups is 2. The number of rotatable bonds is 8. The monoisotopic (exact) mass is 475 g/mol. The summed E-state index contributed by atoms with van der Waals surface area (Å²) in [6.45, 7) is 10.8. The van der Waals surface area contributed by atoms with E-state index < -0.39 is 6.03 Å². The van der Waals surface area contributed by atoms with Crippen molar-refractivity contribution in [2.24, 2.45) is 0 Å². The Labute approximate surface area is 206 Å². The van der Waals surface area contributed by atoms with Crippen LogP contribution < -0.4 is 25.4 Å². The van der Waals surface area contributed by atoms with Crippen molar-refractivity contribution in [1.29, 1.82) is 0 Å². The van der Waals surface area contributed by atoms with Gasteiger partial charge in [-0.1, -0.05) is 51.1 Å². The molecular formula is C28H33N3O4. The number of anilines is 3. The summed E-state index contributed by atoms with van der Waals surface area (Å²) in [5, 5.41) is 8.50. The van der Waals surface area contributed by atoms with Gasteiger partial charge in [-0.3, -0.25) is 4.79 Å². The van der Waals surface area contributed by atoms with Crippen molar-refractivity contribution < 1.29 is 19.1 Å². The molecule has 7 heteroatoms. The Balaban J connectivity index is 1.85. The predicted octanol–water partition coefficient (Wildman–Crippen LogP) is 6.68. The van der Waals surface area contributed by atoms with Crippen LogP contribution in [0.2, 0.25) is 0 Å². The first-order valence-corrected chi connectivity index (χ1v) is 11.7. The Bertz CT molecular complexity index is 1150. The highest BCUT2D eigenvalue weighted by Crippen LogP contribution is 2.37. The van der Waals surface area contributed by atoms with Gasteiger partial charge < -0.3 is 25.4 Å². The van der Waals surface area contributed by atoms with Gasteiger partial charge in [-0.25, -0.2) is 4.79 Å². The molecule has 3 amide bonds. The highest BCUT2D eigenvalue weighted by Gasteiger charge is 2.18. The van der Waals surface area contributed by atoms with Crippen LogP contribution >= 0.6 is 0 Å². The molecule has 184 valence electrons. The van der Waals surface area contributed by atoms with E-state index >= 15 is 0 Å². The summed E-state index contributed by atoms with van der Waals surface area (Å²) in [4.78, 5) is 25.5. The van der Waals surface area contributed by atoms with E-state index in [0.717, 1.165) is 5.56 Å². The van der Waals surface area contributed by atoms with Gasteiger partial charge in [0.1, 0.15) is 11.5 Å². The van der Waals surface area contributed by atoms with Crippen LogP contribution in [0.15, 0.2) is 66.7 Å². The highest BCUT2D eigenvalue weighted by molar-refractivity contribution is 6.06. The molecule has 0 spiro atoms. The first-order valence-electron chi connectivity index (χ1n) is 11.7. The van der Waals surface area contributed by atoms with Crippen LogP contribution in [0.25, 0.3) is 0 Å². The second kappa shape index (κ2) is 11.4. The van der Waals surface area contributed by atoms with Crippen LogP contribution in [0.3, 0.4) is 0 Å². The smallest absolute Gasteiger partial charge is 0.323 e. The van der Waals surface area contributed by atoms with Crippen molar-refractivity contribution in [3.05, 3.63) is 77.9 Å². The van der Waals surface area contributed by atoms with Gasteiger partial charge in [0.05, 0.1) is 24.6 Å². The van der Waals surface area contributed by atoms with Crippen LogP contribution in [0.1, 0.15) is 50.5 Å². The van der Waals surface area contributed by atoms with E-state index in [0.29, 0.717) is 47.3 Å². The predicted molar refractivity (Wildman–Crippen MR) is 141 cm³/mol. The molecule has 3 rings (SSSR count). The standard InChI is InChI=1S/C28H33N3O4/c1-6-34-24-18-23(31-27(33)29-21-11-9-8-10-12-21)25(35-7-2)17-22(24)30-26(32)19-13-15-20(16-14-19)28(3,4)5/h8-18H,6-7H2,1-5H3,(H,30,32)(H2,29,31,33). The molecule has 35 heavy (non-hydrogen) atoms. The number of benzene rings is 3. The fourth-order valence-corrected chi connectivity index (χ4v) is 3.43. The lowest BCUT2D eigenvalue weighted by Crippen LogP contribution is -2.20. The Morgan fingerprint density at radius 1 is 0.743 bits per heavy atom. The van der Waals surface area contributed by atoms with Gasteiger partial charge >= 0.3 is 6.03 Å². The summed E-state index contributed by atoms with van der Waals surface area (Å²) in [7, 11) is 0. The Morgan fingerprint density at radius 3 is 1.80 bits per heavy atom. The molecule has 0 aliphatic rings. The summed E-state index contributed by atoms with van der Waals surface area (Å²) in [6, 6.07) is 19.6. The second-order valence-corrected chi connectivity index (χ2v) is 8.94. The van der Waals surface area contributed by atoms with Gasteiger partial charge in [-0.2, -0.15) is 0 Å². The second-order valence-electron chi connectivity index (χ2n) is 8.94. The molecule has 0 unspecified atom stereocenters. The van der Waals surface area contributed by atoms with E-state index in [1.165, 1.54) is 0 Å². The lowest BCUT2D eigenvalue weighted by Gasteiger charge is -2.19. The number of urea groups is 1. The van der Waals surface area contributed by atoms with Gasteiger partial charge in [0.2, 0.25) is 0 Å². The molecule has 0 aromatic heterocycles. The summed E-state index contributed by atoms with van der Waals surface area (Å²) in [5.41, 5.74) is 3.22. The minimum absolute atomic E-state index is 0.000825. The third-order valence-corrected chi connectivity index (χ3v) is 5.22. The zero-order chi connectivity index (χ0) is 25.4. The average Bonchev–Trinajstić information content (AvgIpc) is 2.82. The zero-order valence-electron chi connectivity index (χ0n) is 20.9. The largest absolute Gasteiger partial charge is 0.492 e.